The molecule has 0 fully saturated rings. The molecule has 1 aliphatic rings. The van der Waals surface area contributed by atoms with Gasteiger partial charge in [0.05, 0.1) is 11.8 Å². The summed E-state index contributed by atoms with van der Waals surface area (Å²) in [5, 5.41) is 21.4. The van der Waals surface area contributed by atoms with Crippen molar-refractivity contribution in [3.63, 3.8) is 0 Å². The van der Waals surface area contributed by atoms with Gasteiger partial charge < -0.3 is 10.2 Å². The second kappa shape index (κ2) is 9.22. The Balaban J connectivity index is 1.81. The number of fused-ring (bicyclic) bond motifs is 3. The molecule has 0 radical (unpaired) electrons. The smallest absolute Gasteiger partial charge is 0.308 e. The summed E-state index contributed by atoms with van der Waals surface area (Å²) in [5.74, 6) is -3.97. The monoisotopic (exact) mass is 462 g/mol. The summed E-state index contributed by atoms with van der Waals surface area (Å²) in [5.41, 5.74) is 3.83. The molecule has 35 heavy (non-hydrogen) atoms. The normalized spacial score (nSPS) is 15.0. The zero-order valence-electron chi connectivity index (χ0n) is 19.2. The van der Waals surface area contributed by atoms with Gasteiger partial charge in [0.15, 0.2) is 0 Å². The molecule has 1 aliphatic carbocycles. The van der Waals surface area contributed by atoms with Gasteiger partial charge in [-0.15, -0.1) is 0 Å². The summed E-state index contributed by atoms with van der Waals surface area (Å²) in [4.78, 5) is 26.2. The summed E-state index contributed by atoms with van der Waals surface area (Å²) in [7, 11) is 0. The Labute approximate surface area is 204 Å². The summed E-state index contributed by atoms with van der Waals surface area (Å²) in [6.07, 6.45) is 0.439. The van der Waals surface area contributed by atoms with E-state index in [1.54, 1.807) is 0 Å². The lowest BCUT2D eigenvalue weighted by Crippen LogP contribution is -2.50. The van der Waals surface area contributed by atoms with Crippen LogP contribution in [0.3, 0.4) is 0 Å². The van der Waals surface area contributed by atoms with E-state index in [1.807, 2.05) is 109 Å². The molecule has 2 unspecified atom stereocenters. The number of rotatable bonds is 8. The summed E-state index contributed by atoms with van der Waals surface area (Å²) >= 11 is 0. The first-order valence-corrected chi connectivity index (χ1v) is 11.8. The van der Waals surface area contributed by atoms with Crippen LogP contribution in [0.1, 0.15) is 22.3 Å². The van der Waals surface area contributed by atoms with Gasteiger partial charge in [-0.25, -0.2) is 0 Å². The quantitative estimate of drug-likeness (QED) is 0.345. The van der Waals surface area contributed by atoms with E-state index in [2.05, 4.69) is 0 Å². The van der Waals surface area contributed by atoms with Crippen molar-refractivity contribution in [1.82, 2.24) is 0 Å². The van der Waals surface area contributed by atoms with Crippen LogP contribution in [0.2, 0.25) is 0 Å². The third kappa shape index (κ3) is 3.81. The van der Waals surface area contributed by atoms with Crippen LogP contribution in [-0.4, -0.2) is 22.2 Å². The lowest BCUT2D eigenvalue weighted by atomic mass is 9.58. The average Bonchev–Trinajstić information content (AvgIpc) is 3.18. The largest absolute Gasteiger partial charge is 0.481 e. The molecule has 0 saturated heterocycles. The van der Waals surface area contributed by atoms with Gasteiger partial charge in [0.2, 0.25) is 0 Å². The van der Waals surface area contributed by atoms with Crippen molar-refractivity contribution in [2.45, 2.75) is 18.3 Å². The first-order chi connectivity index (χ1) is 17.0. The zero-order valence-corrected chi connectivity index (χ0v) is 19.2. The molecule has 0 aliphatic heterocycles. The van der Waals surface area contributed by atoms with Gasteiger partial charge in [0.25, 0.3) is 0 Å². The molecule has 5 rings (SSSR count). The number of carboxylic acids is 2. The lowest BCUT2D eigenvalue weighted by molar-refractivity contribution is -0.150. The standard InChI is InChI=1S/C31H26O4/c32-29(33)27(19-21-11-3-1-4-12-21)31(28(30(34)35)20-22-13-5-2-6-14-22)25-17-9-7-15-23(25)24-16-8-10-18-26(24)31/h1-18,27-28H,19-20H2,(H,32,33)(H,34,35). The summed E-state index contributed by atoms with van der Waals surface area (Å²) in [6, 6.07) is 34.3. The highest BCUT2D eigenvalue weighted by atomic mass is 16.4. The number of aliphatic carboxylic acids is 2. The Bertz CT molecular complexity index is 1250. The van der Waals surface area contributed by atoms with Crippen LogP contribution in [0, 0.1) is 11.8 Å². The van der Waals surface area contributed by atoms with E-state index in [4.69, 9.17) is 0 Å². The van der Waals surface area contributed by atoms with Gasteiger partial charge in [-0.05, 0) is 46.2 Å². The van der Waals surface area contributed by atoms with Crippen LogP contribution in [0.4, 0.5) is 0 Å². The molecular weight excluding hydrogens is 436 g/mol. The molecule has 0 spiro atoms. The maximum Gasteiger partial charge on any atom is 0.308 e. The molecule has 4 aromatic rings. The van der Waals surface area contributed by atoms with Crippen molar-refractivity contribution in [3.05, 3.63) is 131 Å². The van der Waals surface area contributed by atoms with Crippen LogP contribution in [-0.2, 0) is 27.8 Å². The van der Waals surface area contributed by atoms with Gasteiger partial charge in [0, 0.05) is 5.41 Å². The zero-order chi connectivity index (χ0) is 24.4. The van der Waals surface area contributed by atoms with Crippen LogP contribution in [0.5, 0.6) is 0 Å². The molecule has 4 nitrogen and oxygen atoms in total. The van der Waals surface area contributed by atoms with E-state index in [0.717, 1.165) is 33.4 Å². The Morgan fingerprint density at radius 1 is 0.543 bits per heavy atom. The highest BCUT2D eigenvalue weighted by Crippen LogP contribution is 2.58. The van der Waals surface area contributed by atoms with Crippen LogP contribution in [0.15, 0.2) is 109 Å². The molecule has 4 aromatic carbocycles. The second-order valence-corrected chi connectivity index (χ2v) is 9.12. The van der Waals surface area contributed by atoms with Crippen LogP contribution < -0.4 is 0 Å². The number of benzene rings is 4. The van der Waals surface area contributed by atoms with E-state index in [0.29, 0.717) is 0 Å². The summed E-state index contributed by atoms with van der Waals surface area (Å²) in [6.45, 7) is 0. The molecule has 0 heterocycles. The lowest BCUT2D eigenvalue weighted by Gasteiger charge is -2.42. The van der Waals surface area contributed by atoms with Gasteiger partial charge >= 0.3 is 11.9 Å². The Morgan fingerprint density at radius 2 is 0.886 bits per heavy atom. The molecule has 0 saturated carbocycles. The molecule has 2 atom stereocenters. The van der Waals surface area contributed by atoms with E-state index in [-0.39, 0.29) is 12.8 Å². The molecule has 174 valence electrons. The fourth-order valence-corrected chi connectivity index (χ4v) is 5.88. The highest BCUT2D eigenvalue weighted by Gasteiger charge is 2.58. The Kier molecular flexibility index (Phi) is 5.96. The van der Waals surface area contributed by atoms with E-state index in [9.17, 15) is 19.8 Å². The van der Waals surface area contributed by atoms with Gasteiger partial charge in [-0.3, -0.25) is 9.59 Å². The van der Waals surface area contributed by atoms with Crippen molar-refractivity contribution in [2.75, 3.05) is 0 Å². The predicted octanol–water partition coefficient (Wildman–Crippen LogP) is 5.84. The Morgan fingerprint density at radius 3 is 1.26 bits per heavy atom. The number of hydrogen-bond acceptors (Lipinski definition) is 2. The minimum atomic E-state index is -1.25. The average molecular weight is 463 g/mol. The number of carbonyl (C=O) groups is 2. The number of carboxylic acid groups (broad SMARTS) is 2. The third-order valence-electron chi connectivity index (χ3n) is 7.30. The maximum atomic E-state index is 13.1. The van der Waals surface area contributed by atoms with Crippen molar-refractivity contribution < 1.29 is 19.8 Å². The first-order valence-electron chi connectivity index (χ1n) is 11.8. The fraction of sp³-hybridized carbons (Fsp3) is 0.161. The van der Waals surface area contributed by atoms with Crippen molar-refractivity contribution in [2.24, 2.45) is 11.8 Å². The Hall–Kier alpha value is -4.18. The molecule has 0 amide bonds. The second-order valence-electron chi connectivity index (χ2n) is 9.12. The number of hydrogen-bond donors (Lipinski definition) is 2. The SMILES string of the molecule is O=C(O)C(Cc1ccccc1)C1(C(Cc2ccccc2)C(=O)O)c2ccccc2-c2ccccc21. The molecule has 2 N–H and O–H groups in total. The minimum absolute atomic E-state index is 0.220. The molecule has 0 bridgehead atoms. The predicted molar refractivity (Wildman–Crippen MR) is 135 cm³/mol. The van der Waals surface area contributed by atoms with Crippen molar-refractivity contribution in [1.29, 1.82) is 0 Å². The van der Waals surface area contributed by atoms with Gasteiger partial charge in [-0.2, -0.15) is 0 Å². The van der Waals surface area contributed by atoms with Gasteiger partial charge in [0.1, 0.15) is 0 Å². The fourth-order valence-electron chi connectivity index (χ4n) is 5.88. The minimum Gasteiger partial charge on any atom is -0.481 e. The highest BCUT2D eigenvalue weighted by molar-refractivity contribution is 5.90. The topological polar surface area (TPSA) is 74.6 Å². The summed E-state index contributed by atoms with van der Waals surface area (Å²) < 4.78 is 0. The van der Waals surface area contributed by atoms with E-state index >= 15 is 0 Å². The van der Waals surface area contributed by atoms with E-state index < -0.39 is 29.2 Å². The van der Waals surface area contributed by atoms with E-state index in [1.165, 1.54) is 0 Å². The third-order valence-corrected chi connectivity index (χ3v) is 7.30. The van der Waals surface area contributed by atoms with Gasteiger partial charge in [-0.1, -0.05) is 109 Å². The first kappa shape index (κ1) is 22.6. The van der Waals surface area contributed by atoms with Crippen LogP contribution >= 0.6 is 0 Å². The van der Waals surface area contributed by atoms with Crippen molar-refractivity contribution >= 4 is 11.9 Å². The molecular formula is C31H26O4. The molecule has 4 heteroatoms. The maximum absolute atomic E-state index is 13.1. The molecule has 0 aromatic heterocycles. The van der Waals surface area contributed by atoms with Crippen molar-refractivity contribution in [3.8, 4) is 11.1 Å². The van der Waals surface area contributed by atoms with Crippen LogP contribution in [0.25, 0.3) is 11.1 Å².